The van der Waals surface area contributed by atoms with Crippen molar-refractivity contribution in [1.82, 2.24) is 5.32 Å². The van der Waals surface area contributed by atoms with Crippen molar-refractivity contribution in [2.24, 2.45) is 0 Å². The largest absolute Gasteiger partial charge is 0.482 e. The molecule has 0 unspecified atom stereocenters. The molecule has 0 heterocycles. The van der Waals surface area contributed by atoms with Crippen molar-refractivity contribution in [3.63, 3.8) is 0 Å². The number of halogens is 1. The summed E-state index contributed by atoms with van der Waals surface area (Å²) >= 11 is 5.82. The summed E-state index contributed by atoms with van der Waals surface area (Å²) in [6.45, 7) is 1.97. The summed E-state index contributed by atoms with van der Waals surface area (Å²) in [5, 5.41) is 3.37. The molecule has 0 radical (unpaired) electrons. The maximum Gasteiger partial charge on any atom is 0.344 e. The predicted molar refractivity (Wildman–Crippen MR) is 100 cm³/mol. The number of nitrogens with one attached hydrogen (secondary N) is 1. The Morgan fingerprint density at radius 1 is 0.962 bits per heavy atom. The van der Waals surface area contributed by atoms with Crippen LogP contribution in [-0.2, 0) is 27.2 Å². The third-order valence-electron chi connectivity index (χ3n) is 3.70. The molecule has 0 saturated carbocycles. The smallest absolute Gasteiger partial charge is 0.344 e. The first-order valence-electron chi connectivity index (χ1n) is 8.45. The molecule has 138 valence electrons. The van der Waals surface area contributed by atoms with Gasteiger partial charge in [-0.05, 0) is 48.2 Å². The highest BCUT2D eigenvalue weighted by molar-refractivity contribution is 6.30. The predicted octanol–water partition coefficient (Wildman–Crippen LogP) is 3.18. The molecule has 0 bridgehead atoms. The van der Waals surface area contributed by atoms with Crippen molar-refractivity contribution >= 4 is 23.5 Å². The van der Waals surface area contributed by atoms with E-state index in [2.05, 4.69) is 12.2 Å². The van der Waals surface area contributed by atoms with E-state index < -0.39 is 5.97 Å². The maximum absolute atomic E-state index is 11.7. The van der Waals surface area contributed by atoms with Gasteiger partial charge in [-0.3, -0.25) is 4.79 Å². The van der Waals surface area contributed by atoms with Crippen LogP contribution in [0.25, 0.3) is 0 Å². The lowest BCUT2D eigenvalue weighted by atomic mass is 10.1. The monoisotopic (exact) mass is 375 g/mol. The summed E-state index contributed by atoms with van der Waals surface area (Å²) in [6.07, 6.45) is 1.61. The minimum Gasteiger partial charge on any atom is -0.482 e. The quantitative estimate of drug-likeness (QED) is 0.684. The van der Waals surface area contributed by atoms with Crippen molar-refractivity contribution in [1.29, 1.82) is 0 Å². The molecule has 0 fully saturated rings. The van der Waals surface area contributed by atoms with Gasteiger partial charge in [0, 0.05) is 11.6 Å². The fourth-order valence-corrected chi connectivity index (χ4v) is 2.33. The van der Waals surface area contributed by atoms with Crippen LogP contribution in [0.5, 0.6) is 5.75 Å². The second-order valence-electron chi connectivity index (χ2n) is 5.67. The van der Waals surface area contributed by atoms with Crippen LogP contribution in [0.1, 0.15) is 18.1 Å². The summed E-state index contributed by atoms with van der Waals surface area (Å²) in [5.74, 6) is -0.344. The number of hydrogen-bond donors (Lipinski definition) is 1. The zero-order valence-corrected chi connectivity index (χ0v) is 15.4. The van der Waals surface area contributed by atoms with Gasteiger partial charge in [-0.1, -0.05) is 42.8 Å². The molecule has 2 rings (SSSR count). The second kappa shape index (κ2) is 10.5. The third kappa shape index (κ3) is 7.15. The fourth-order valence-electron chi connectivity index (χ4n) is 2.20. The van der Waals surface area contributed by atoms with Crippen LogP contribution in [0.2, 0.25) is 5.02 Å². The number of amides is 1. The van der Waals surface area contributed by atoms with Gasteiger partial charge in [0.1, 0.15) is 5.75 Å². The topological polar surface area (TPSA) is 64.6 Å². The molecule has 26 heavy (non-hydrogen) atoms. The first-order valence-corrected chi connectivity index (χ1v) is 8.83. The Morgan fingerprint density at radius 2 is 1.62 bits per heavy atom. The molecule has 1 N–H and O–H groups in total. The molecule has 0 saturated heterocycles. The highest BCUT2D eigenvalue weighted by Gasteiger charge is 2.08. The van der Waals surface area contributed by atoms with Crippen LogP contribution >= 0.6 is 11.6 Å². The normalized spacial score (nSPS) is 10.2. The Bertz CT molecular complexity index is 714. The van der Waals surface area contributed by atoms with E-state index in [0.29, 0.717) is 23.7 Å². The second-order valence-corrected chi connectivity index (χ2v) is 6.11. The Labute approximate surface area is 158 Å². The minimum atomic E-state index is -0.586. The molecule has 2 aromatic carbocycles. The number of ether oxygens (including phenoxy) is 2. The van der Waals surface area contributed by atoms with E-state index in [1.165, 1.54) is 5.56 Å². The van der Waals surface area contributed by atoms with E-state index in [4.69, 9.17) is 21.1 Å². The SMILES string of the molecule is CCc1ccc(OCC(=O)OCC(=O)NCCc2ccc(Cl)cc2)cc1. The highest BCUT2D eigenvalue weighted by atomic mass is 35.5. The van der Waals surface area contributed by atoms with E-state index in [1.807, 2.05) is 24.3 Å². The van der Waals surface area contributed by atoms with Gasteiger partial charge in [0.05, 0.1) is 0 Å². The number of rotatable bonds is 9. The van der Waals surface area contributed by atoms with Gasteiger partial charge in [-0.25, -0.2) is 4.79 Å². The first-order chi connectivity index (χ1) is 12.6. The maximum atomic E-state index is 11.7. The molecule has 5 nitrogen and oxygen atoms in total. The number of hydrogen-bond acceptors (Lipinski definition) is 4. The molecule has 2 aromatic rings. The van der Waals surface area contributed by atoms with Crippen LogP contribution in [0.3, 0.4) is 0 Å². The van der Waals surface area contributed by atoms with Gasteiger partial charge in [0.25, 0.3) is 5.91 Å². The van der Waals surface area contributed by atoms with Crippen LogP contribution in [0.4, 0.5) is 0 Å². The van der Waals surface area contributed by atoms with Crippen molar-refractivity contribution in [3.05, 3.63) is 64.7 Å². The zero-order valence-electron chi connectivity index (χ0n) is 14.7. The molecular formula is C20H22ClNO4. The van der Waals surface area contributed by atoms with Crippen LogP contribution < -0.4 is 10.1 Å². The molecule has 0 aliphatic rings. The Kier molecular flexibility index (Phi) is 7.96. The molecule has 0 aromatic heterocycles. The molecule has 0 spiro atoms. The summed E-state index contributed by atoms with van der Waals surface area (Å²) in [6, 6.07) is 14.9. The van der Waals surface area contributed by atoms with E-state index in [9.17, 15) is 9.59 Å². The standard InChI is InChI=1S/C20H22ClNO4/c1-2-15-5-9-18(10-6-15)25-14-20(24)26-13-19(23)22-12-11-16-3-7-17(21)8-4-16/h3-10H,2,11-14H2,1H3,(H,22,23). The lowest BCUT2D eigenvalue weighted by Gasteiger charge is -2.08. The zero-order chi connectivity index (χ0) is 18.8. The van der Waals surface area contributed by atoms with Crippen LogP contribution in [0.15, 0.2) is 48.5 Å². The molecular weight excluding hydrogens is 354 g/mol. The molecule has 0 aliphatic heterocycles. The summed E-state index contributed by atoms with van der Waals surface area (Å²) < 4.78 is 10.2. The van der Waals surface area contributed by atoms with Crippen LogP contribution in [0, 0.1) is 0 Å². The molecule has 0 atom stereocenters. The lowest BCUT2D eigenvalue weighted by molar-refractivity contribution is -0.150. The van der Waals surface area contributed by atoms with Crippen LogP contribution in [-0.4, -0.2) is 31.6 Å². The Balaban J connectivity index is 1.60. The minimum absolute atomic E-state index is 0.233. The summed E-state index contributed by atoms with van der Waals surface area (Å²) in [4.78, 5) is 23.3. The van der Waals surface area contributed by atoms with Gasteiger partial charge in [0.15, 0.2) is 13.2 Å². The van der Waals surface area contributed by atoms with E-state index in [1.54, 1.807) is 24.3 Å². The fraction of sp³-hybridized carbons (Fsp3) is 0.300. The average Bonchev–Trinajstić information content (AvgIpc) is 2.66. The van der Waals surface area contributed by atoms with Gasteiger partial charge in [-0.2, -0.15) is 0 Å². The number of carbonyl (C=O) groups excluding carboxylic acids is 2. The van der Waals surface area contributed by atoms with E-state index >= 15 is 0 Å². The number of carbonyl (C=O) groups is 2. The summed E-state index contributed by atoms with van der Waals surface area (Å²) in [7, 11) is 0. The van der Waals surface area contributed by atoms with Gasteiger partial charge in [0.2, 0.25) is 0 Å². The summed E-state index contributed by atoms with van der Waals surface area (Å²) in [5.41, 5.74) is 2.25. The number of aryl methyl sites for hydroxylation is 1. The average molecular weight is 376 g/mol. The number of esters is 1. The first kappa shape index (κ1) is 19.8. The van der Waals surface area contributed by atoms with Crippen molar-refractivity contribution in [2.45, 2.75) is 19.8 Å². The Morgan fingerprint density at radius 3 is 2.27 bits per heavy atom. The molecule has 6 heteroatoms. The number of benzene rings is 2. The highest BCUT2D eigenvalue weighted by Crippen LogP contribution is 2.12. The van der Waals surface area contributed by atoms with Gasteiger partial charge < -0.3 is 14.8 Å². The van der Waals surface area contributed by atoms with Gasteiger partial charge >= 0.3 is 5.97 Å². The van der Waals surface area contributed by atoms with Crippen molar-refractivity contribution < 1.29 is 19.1 Å². The van der Waals surface area contributed by atoms with Crippen molar-refractivity contribution in [2.75, 3.05) is 19.8 Å². The van der Waals surface area contributed by atoms with E-state index in [-0.39, 0.29) is 19.1 Å². The molecule has 1 amide bonds. The Hall–Kier alpha value is -2.53. The van der Waals surface area contributed by atoms with E-state index in [0.717, 1.165) is 12.0 Å². The molecule has 0 aliphatic carbocycles. The van der Waals surface area contributed by atoms with Crippen molar-refractivity contribution in [3.8, 4) is 5.75 Å². The van der Waals surface area contributed by atoms with Gasteiger partial charge in [-0.15, -0.1) is 0 Å². The lowest BCUT2D eigenvalue weighted by Crippen LogP contribution is -2.31. The third-order valence-corrected chi connectivity index (χ3v) is 3.95.